The third-order valence-corrected chi connectivity index (χ3v) is 4.36. The van der Waals surface area contributed by atoms with E-state index < -0.39 is 0 Å². The van der Waals surface area contributed by atoms with Crippen molar-refractivity contribution in [1.82, 2.24) is 9.97 Å². The van der Waals surface area contributed by atoms with Crippen LogP contribution in [0.15, 0.2) is 30.6 Å². The molecule has 1 amide bonds. The van der Waals surface area contributed by atoms with E-state index >= 15 is 0 Å². The molecule has 3 heterocycles. The molecule has 1 aromatic carbocycles. The maximum absolute atomic E-state index is 12.2. The van der Waals surface area contributed by atoms with Gasteiger partial charge in [-0.2, -0.15) is 0 Å². The summed E-state index contributed by atoms with van der Waals surface area (Å²) in [6.07, 6.45) is 7.70. The van der Waals surface area contributed by atoms with Crippen LogP contribution in [0.2, 0.25) is 5.02 Å². The highest BCUT2D eigenvalue weighted by Gasteiger charge is 2.24. The molecule has 1 saturated heterocycles. The topological polar surface area (TPSA) is 58.1 Å². The van der Waals surface area contributed by atoms with Crippen molar-refractivity contribution in [3.63, 3.8) is 0 Å². The van der Waals surface area contributed by atoms with Crippen LogP contribution in [-0.4, -0.2) is 29.0 Å². The van der Waals surface area contributed by atoms with Crippen molar-refractivity contribution in [1.29, 1.82) is 0 Å². The minimum Gasteiger partial charge on any atom is -0.341 e. The van der Waals surface area contributed by atoms with Gasteiger partial charge in [-0.25, -0.2) is 9.97 Å². The van der Waals surface area contributed by atoms with E-state index in [0.717, 1.165) is 35.9 Å². The largest absolute Gasteiger partial charge is 0.341 e. The van der Waals surface area contributed by atoms with Crippen molar-refractivity contribution in [3.8, 4) is 0 Å². The quantitative estimate of drug-likeness (QED) is 0.861. The Kier molecular flexibility index (Phi) is 3.50. The van der Waals surface area contributed by atoms with Gasteiger partial charge in [0, 0.05) is 47.2 Å². The van der Waals surface area contributed by atoms with Crippen LogP contribution in [0.5, 0.6) is 0 Å². The van der Waals surface area contributed by atoms with Crippen LogP contribution in [0, 0.1) is 0 Å². The number of aromatic nitrogens is 2. The van der Waals surface area contributed by atoms with Gasteiger partial charge >= 0.3 is 0 Å². The Morgan fingerprint density at radius 2 is 1.91 bits per heavy atom. The third-order valence-electron chi connectivity index (χ3n) is 4.12. The molecule has 1 aromatic heterocycles. The Bertz CT molecular complexity index is 795. The number of nitrogens with one attached hydrogen (secondary N) is 1. The minimum absolute atomic E-state index is 0.133. The van der Waals surface area contributed by atoms with Crippen LogP contribution < -0.4 is 10.2 Å². The maximum Gasteiger partial charge on any atom is 0.256 e. The van der Waals surface area contributed by atoms with Gasteiger partial charge in [0.2, 0.25) is 5.95 Å². The van der Waals surface area contributed by atoms with Gasteiger partial charge in [0.15, 0.2) is 0 Å². The van der Waals surface area contributed by atoms with Gasteiger partial charge in [0.25, 0.3) is 5.91 Å². The number of fused-ring (bicyclic) bond motifs is 1. The Balaban J connectivity index is 1.64. The summed E-state index contributed by atoms with van der Waals surface area (Å²) in [6, 6.07) is 5.38. The molecule has 5 nitrogen and oxygen atoms in total. The first-order valence-electron chi connectivity index (χ1n) is 7.61. The molecule has 2 aromatic rings. The maximum atomic E-state index is 12.2. The lowest BCUT2D eigenvalue weighted by atomic mass is 10.1. The normalized spacial score (nSPS) is 18.4. The second kappa shape index (κ2) is 5.66. The van der Waals surface area contributed by atoms with Crippen LogP contribution in [0.3, 0.4) is 0 Å². The van der Waals surface area contributed by atoms with E-state index in [4.69, 9.17) is 11.6 Å². The average Bonchev–Trinajstić information content (AvgIpc) is 3.17. The molecule has 23 heavy (non-hydrogen) atoms. The number of amides is 1. The van der Waals surface area contributed by atoms with Gasteiger partial charge in [-0.15, -0.1) is 0 Å². The predicted molar refractivity (Wildman–Crippen MR) is 91.4 cm³/mol. The van der Waals surface area contributed by atoms with E-state index in [2.05, 4.69) is 20.2 Å². The molecule has 2 aliphatic rings. The summed E-state index contributed by atoms with van der Waals surface area (Å²) >= 11 is 5.96. The van der Waals surface area contributed by atoms with E-state index in [0.29, 0.717) is 10.6 Å². The molecule has 0 aliphatic carbocycles. The summed E-state index contributed by atoms with van der Waals surface area (Å²) < 4.78 is 0. The molecule has 0 radical (unpaired) electrons. The Morgan fingerprint density at radius 3 is 2.65 bits per heavy atom. The van der Waals surface area contributed by atoms with E-state index in [9.17, 15) is 4.79 Å². The van der Waals surface area contributed by atoms with Crippen molar-refractivity contribution >= 4 is 40.8 Å². The fourth-order valence-electron chi connectivity index (χ4n) is 2.96. The molecular formula is C17H15ClN4O. The van der Waals surface area contributed by atoms with Crippen LogP contribution in [0.4, 0.5) is 11.6 Å². The molecule has 4 rings (SSSR count). The fourth-order valence-corrected chi connectivity index (χ4v) is 3.13. The zero-order chi connectivity index (χ0) is 15.8. The smallest absolute Gasteiger partial charge is 0.256 e. The highest BCUT2D eigenvalue weighted by atomic mass is 35.5. The second-order valence-electron chi connectivity index (χ2n) is 5.71. The molecule has 1 N–H and O–H groups in total. The highest BCUT2D eigenvalue weighted by molar-refractivity contribution is 6.36. The lowest BCUT2D eigenvalue weighted by molar-refractivity contribution is -0.110. The zero-order valence-electron chi connectivity index (χ0n) is 12.4. The fraction of sp³-hybridized carbons (Fsp3) is 0.235. The van der Waals surface area contributed by atoms with Crippen molar-refractivity contribution < 1.29 is 4.79 Å². The van der Waals surface area contributed by atoms with Gasteiger partial charge in [-0.3, -0.25) is 4.79 Å². The van der Waals surface area contributed by atoms with Crippen molar-refractivity contribution in [2.45, 2.75) is 12.8 Å². The van der Waals surface area contributed by atoms with E-state index in [1.54, 1.807) is 24.5 Å². The highest BCUT2D eigenvalue weighted by Crippen LogP contribution is 2.34. The van der Waals surface area contributed by atoms with Crippen LogP contribution in [0.1, 0.15) is 24.0 Å². The predicted octanol–water partition coefficient (Wildman–Crippen LogP) is 3.22. The van der Waals surface area contributed by atoms with E-state index in [1.807, 2.05) is 12.1 Å². The van der Waals surface area contributed by atoms with Gasteiger partial charge in [0.05, 0.1) is 5.69 Å². The number of benzene rings is 1. The third kappa shape index (κ3) is 2.68. The van der Waals surface area contributed by atoms with Crippen LogP contribution in [0.25, 0.3) is 11.6 Å². The summed E-state index contributed by atoms with van der Waals surface area (Å²) in [6.45, 7) is 2.02. The molecule has 116 valence electrons. The molecule has 0 bridgehead atoms. The number of anilines is 2. The van der Waals surface area contributed by atoms with Crippen molar-refractivity contribution in [2.24, 2.45) is 0 Å². The zero-order valence-corrected chi connectivity index (χ0v) is 13.2. The second-order valence-corrected chi connectivity index (χ2v) is 6.15. The number of rotatable bonds is 2. The molecule has 0 unspecified atom stereocenters. The van der Waals surface area contributed by atoms with Crippen molar-refractivity contribution in [2.75, 3.05) is 23.3 Å². The van der Waals surface area contributed by atoms with E-state index in [-0.39, 0.29) is 5.91 Å². The summed E-state index contributed by atoms with van der Waals surface area (Å²) in [5.74, 6) is 0.624. The summed E-state index contributed by atoms with van der Waals surface area (Å²) in [5, 5.41) is 3.42. The lowest BCUT2D eigenvalue weighted by Gasteiger charge is -2.14. The molecular weight excluding hydrogens is 312 g/mol. The molecule has 0 saturated carbocycles. The number of hydrogen-bond acceptors (Lipinski definition) is 4. The number of nitrogens with zero attached hydrogens (tertiary/aromatic N) is 3. The molecule has 0 spiro atoms. The monoisotopic (exact) mass is 326 g/mol. The lowest BCUT2D eigenvalue weighted by Crippen LogP contribution is -2.20. The number of carbonyl (C=O) groups is 1. The van der Waals surface area contributed by atoms with Gasteiger partial charge in [-0.1, -0.05) is 17.7 Å². The first kappa shape index (κ1) is 14.2. The number of halogens is 1. The number of hydrogen-bond donors (Lipinski definition) is 1. The molecule has 2 aliphatic heterocycles. The van der Waals surface area contributed by atoms with E-state index in [1.165, 1.54) is 12.8 Å². The van der Waals surface area contributed by atoms with Crippen LogP contribution in [-0.2, 0) is 4.79 Å². The minimum atomic E-state index is -0.133. The van der Waals surface area contributed by atoms with Gasteiger partial charge in [-0.05, 0) is 31.1 Å². The first-order chi connectivity index (χ1) is 11.2. The Labute approximate surface area is 139 Å². The average molecular weight is 327 g/mol. The Morgan fingerprint density at radius 1 is 1.17 bits per heavy atom. The summed E-state index contributed by atoms with van der Waals surface area (Å²) in [5.41, 5.74) is 3.00. The Hall–Kier alpha value is -2.40. The first-order valence-corrected chi connectivity index (χ1v) is 7.98. The van der Waals surface area contributed by atoms with Crippen molar-refractivity contribution in [3.05, 3.63) is 46.7 Å². The molecule has 1 fully saturated rings. The van der Waals surface area contributed by atoms with Gasteiger partial charge < -0.3 is 10.2 Å². The summed E-state index contributed by atoms with van der Waals surface area (Å²) in [7, 11) is 0. The molecule has 0 atom stereocenters. The SMILES string of the molecule is O=C1Nc2cc(Cl)ccc2/C1=C\c1cnc(N2CCCC2)nc1. The number of carbonyl (C=O) groups excluding carboxylic acids is 1. The summed E-state index contributed by atoms with van der Waals surface area (Å²) in [4.78, 5) is 23.2. The van der Waals surface area contributed by atoms with Crippen LogP contribution >= 0.6 is 11.6 Å². The standard InChI is InChI=1S/C17H15ClN4O/c18-12-3-4-13-14(16(23)21-15(13)8-12)7-11-9-19-17(20-10-11)22-5-1-2-6-22/h3-4,7-10H,1-2,5-6H2,(H,21,23)/b14-7+. The molecule has 6 heteroatoms. The van der Waals surface area contributed by atoms with Gasteiger partial charge in [0.1, 0.15) is 0 Å².